The van der Waals surface area contributed by atoms with Gasteiger partial charge in [-0.05, 0) is 72.8 Å². The minimum absolute atomic E-state index is 0.684. The third kappa shape index (κ3) is 3.93. The SMILES string of the molecule is C/C=C/c1ccc(C2CCc3cc(CCCC)ccc3C2)cc1. The molecule has 0 amide bonds. The van der Waals surface area contributed by atoms with E-state index in [1.807, 2.05) is 0 Å². The second kappa shape index (κ2) is 7.64. The molecular weight excluding hydrogens is 276 g/mol. The average Bonchev–Trinajstić information content (AvgIpc) is 2.60. The van der Waals surface area contributed by atoms with Crippen LogP contribution >= 0.6 is 0 Å². The molecule has 2 aromatic carbocycles. The van der Waals surface area contributed by atoms with Crippen LogP contribution in [0.15, 0.2) is 48.5 Å². The third-order valence-corrected chi connectivity index (χ3v) is 5.09. The summed E-state index contributed by atoms with van der Waals surface area (Å²) in [7, 11) is 0. The van der Waals surface area contributed by atoms with Crippen molar-refractivity contribution in [3.8, 4) is 0 Å². The molecule has 0 fully saturated rings. The second-order valence-electron chi connectivity index (χ2n) is 6.81. The first-order chi connectivity index (χ1) is 11.3. The van der Waals surface area contributed by atoms with E-state index in [0.29, 0.717) is 5.92 Å². The van der Waals surface area contributed by atoms with Crippen molar-refractivity contribution in [3.05, 3.63) is 76.4 Å². The lowest BCUT2D eigenvalue weighted by Gasteiger charge is -2.25. The van der Waals surface area contributed by atoms with Gasteiger partial charge in [0.25, 0.3) is 0 Å². The summed E-state index contributed by atoms with van der Waals surface area (Å²) in [6.07, 6.45) is 11.8. The van der Waals surface area contributed by atoms with Gasteiger partial charge in [0.05, 0.1) is 0 Å². The number of allylic oxidation sites excluding steroid dienone is 1. The van der Waals surface area contributed by atoms with E-state index < -0.39 is 0 Å². The van der Waals surface area contributed by atoms with Gasteiger partial charge in [-0.1, -0.05) is 68.0 Å². The van der Waals surface area contributed by atoms with Crippen LogP contribution in [0.4, 0.5) is 0 Å². The highest BCUT2D eigenvalue weighted by Crippen LogP contribution is 2.33. The molecule has 23 heavy (non-hydrogen) atoms. The molecule has 0 bridgehead atoms. The van der Waals surface area contributed by atoms with Crippen molar-refractivity contribution in [2.24, 2.45) is 0 Å². The van der Waals surface area contributed by atoms with Crippen LogP contribution in [0.2, 0.25) is 0 Å². The van der Waals surface area contributed by atoms with Crippen LogP contribution in [-0.4, -0.2) is 0 Å². The van der Waals surface area contributed by atoms with Gasteiger partial charge in [-0.3, -0.25) is 0 Å². The normalized spacial score (nSPS) is 17.4. The van der Waals surface area contributed by atoms with Crippen molar-refractivity contribution in [3.63, 3.8) is 0 Å². The van der Waals surface area contributed by atoms with E-state index in [0.717, 1.165) is 0 Å². The first kappa shape index (κ1) is 16.1. The number of unbranched alkanes of at least 4 members (excludes halogenated alkanes) is 1. The van der Waals surface area contributed by atoms with Gasteiger partial charge in [-0.25, -0.2) is 0 Å². The molecule has 0 N–H and O–H groups in total. The van der Waals surface area contributed by atoms with Crippen LogP contribution in [-0.2, 0) is 19.3 Å². The van der Waals surface area contributed by atoms with E-state index in [9.17, 15) is 0 Å². The zero-order chi connectivity index (χ0) is 16.1. The van der Waals surface area contributed by atoms with Crippen LogP contribution in [0.3, 0.4) is 0 Å². The first-order valence-corrected chi connectivity index (χ1v) is 9.13. The molecule has 1 unspecified atom stereocenters. The Hall–Kier alpha value is -1.82. The summed E-state index contributed by atoms with van der Waals surface area (Å²) < 4.78 is 0. The third-order valence-electron chi connectivity index (χ3n) is 5.09. The number of benzene rings is 2. The molecule has 120 valence electrons. The van der Waals surface area contributed by atoms with Crippen molar-refractivity contribution in [2.45, 2.75) is 58.3 Å². The molecule has 0 saturated carbocycles. The summed E-state index contributed by atoms with van der Waals surface area (Å²) in [5.74, 6) is 0.684. The van der Waals surface area contributed by atoms with E-state index in [4.69, 9.17) is 0 Å². The summed E-state index contributed by atoms with van der Waals surface area (Å²) in [6, 6.07) is 16.3. The Labute approximate surface area is 141 Å². The maximum atomic E-state index is 2.47. The molecule has 0 heterocycles. The Morgan fingerprint density at radius 3 is 2.61 bits per heavy atom. The molecule has 0 aliphatic heterocycles. The highest BCUT2D eigenvalue weighted by Gasteiger charge is 2.20. The average molecular weight is 304 g/mol. The number of aryl methyl sites for hydroxylation is 2. The summed E-state index contributed by atoms with van der Waals surface area (Å²) in [5, 5.41) is 0. The molecule has 0 saturated heterocycles. The highest BCUT2D eigenvalue weighted by atomic mass is 14.2. The van der Waals surface area contributed by atoms with Crippen LogP contribution in [0.25, 0.3) is 6.08 Å². The molecule has 0 heteroatoms. The number of hydrogen-bond acceptors (Lipinski definition) is 0. The van der Waals surface area contributed by atoms with Crippen molar-refractivity contribution >= 4 is 6.08 Å². The van der Waals surface area contributed by atoms with E-state index in [1.54, 1.807) is 11.1 Å². The molecule has 1 atom stereocenters. The Bertz CT molecular complexity index is 661. The molecule has 3 rings (SSSR count). The van der Waals surface area contributed by atoms with Gasteiger partial charge < -0.3 is 0 Å². The zero-order valence-corrected chi connectivity index (χ0v) is 14.5. The maximum Gasteiger partial charge on any atom is -0.0118 e. The second-order valence-corrected chi connectivity index (χ2v) is 6.81. The minimum atomic E-state index is 0.684. The Kier molecular flexibility index (Phi) is 5.33. The van der Waals surface area contributed by atoms with E-state index in [2.05, 4.69) is 68.5 Å². The molecule has 1 aliphatic carbocycles. The van der Waals surface area contributed by atoms with E-state index >= 15 is 0 Å². The first-order valence-electron chi connectivity index (χ1n) is 9.13. The minimum Gasteiger partial charge on any atom is -0.0871 e. The fourth-order valence-corrected chi connectivity index (χ4v) is 3.70. The van der Waals surface area contributed by atoms with E-state index in [-0.39, 0.29) is 0 Å². The monoisotopic (exact) mass is 304 g/mol. The smallest absolute Gasteiger partial charge is 0.0118 e. The van der Waals surface area contributed by atoms with Gasteiger partial charge in [-0.2, -0.15) is 0 Å². The molecule has 1 aliphatic rings. The van der Waals surface area contributed by atoms with Crippen molar-refractivity contribution < 1.29 is 0 Å². The molecule has 0 spiro atoms. The van der Waals surface area contributed by atoms with Crippen LogP contribution in [0.1, 0.15) is 66.8 Å². The predicted molar refractivity (Wildman–Crippen MR) is 101 cm³/mol. The summed E-state index contributed by atoms with van der Waals surface area (Å²) in [4.78, 5) is 0. The van der Waals surface area contributed by atoms with Gasteiger partial charge in [0.15, 0.2) is 0 Å². The number of hydrogen-bond donors (Lipinski definition) is 0. The summed E-state index contributed by atoms with van der Waals surface area (Å²) in [6.45, 7) is 4.34. The summed E-state index contributed by atoms with van der Waals surface area (Å²) in [5.41, 5.74) is 7.49. The lowest BCUT2D eigenvalue weighted by Crippen LogP contribution is -2.13. The maximum absolute atomic E-state index is 2.47. The molecular formula is C23H28. The van der Waals surface area contributed by atoms with Crippen molar-refractivity contribution in [1.29, 1.82) is 0 Å². The van der Waals surface area contributed by atoms with Gasteiger partial charge in [-0.15, -0.1) is 0 Å². The lowest BCUT2D eigenvalue weighted by atomic mass is 9.79. The fraction of sp³-hybridized carbons (Fsp3) is 0.391. The van der Waals surface area contributed by atoms with Gasteiger partial charge in [0, 0.05) is 0 Å². The summed E-state index contributed by atoms with van der Waals surface area (Å²) >= 11 is 0. The lowest BCUT2D eigenvalue weighted by molar-refractivity contribution is 0.584. The van der Waals surface area contributed by atoms with Crippen LogP contribution < -0.4 is 0 Å². The Balaban J connectivity index is 1.72. The number of fused-ring (bicyclic) bond motifs is 1. The van der Waals surface area contributed by atoms with Crippen LogP contribution in [0.5, 0.6) is 0 Å². The molecule has 0 aromatic heterocycles. The Morgan fingerprint density at radius 1 is 1.04 bits per heavy atom. The van der Waals surface area contributed by atoms with Gasteiger partial charge in [0.1, 0.15) is 0 Å². The largest absolute Gasteiger partial charge is 0.0871 e. The van der Waals surface area contributed by atoms with E-state index in [1.165, 1.54) is 55.2 Å². The molecule has 0 nitrogen and oxygen atoms in total. The number of rotatable bonds is 5. The fourth-order valence-electron chi connectivity index (χ4n) is 3.70. The standard InChI is InChI=1S/C23H28/c1-3-5-7-19-10-13-23-17-22(15-14-21(23)16-19)20-11-8-18(6-4-2)9-12-20/h4,6,8-13,16,22H,3,5,7,14-15,17H2,1-2H3/b6-4+. The van der Waals surface area contributed by atoms with Gasteiger partial charge >= 0.3 is 0 Å². The van der Waals surface area contributed by atoms with Gasteiger partial charge in [0.2, 0.25) is 0 Å². The zero-order valence-electron chi connectivity index (χ0n) is 14.5. The van der Waals surface area contributed by atoms with Crippen molar-refractivity contribution in [2.75, 3.05) is 0 Å². The molecule has 2 aromatic rings. The predicted octanol–water partition coefficient (Wildman–Crippen LogP) is 6.33. The quantitative estimate of drug-likeness (QED) is 0.605. The Morgan fingerprint density at radius 2 is 1.87 bits per heavy atom. The van der Waals surface area contributed by atoms with Crippen LogP contribution in [0, 0.1) is 0 Å². The topological polar surface area (TPSA) is 0 Å². The molecule has 0 radical (unpaired) electrons. The van der Waals surface area contributed by atoms with Crippen molar-refractivity contribution in [1.82, 2.24) is 0 Å². The highest BCUT2D eigenvalue weighted by molar-refractivity contribution is 5.49.